The summed E-state index contributed by atoms with van der Waals surface area (Å²) in [7, 11) is 0. The van der Waals surface area contributed by atoms with Crippen molar-refractivity contribution in [2.45, 2.75) is 6.61 Å². The number of nitrogens with two attached hydrogens (primary N) is 1. The Kier molecular flexibility index (Phi) is 3.93. The smallest absolute Gasteiger partial charge is 0.165 e. The molecule has 0 atom stereocenters. The molecule has 0 aliphatic carbocycles. The molecule has 3 N–H and O–H groups in total. The van der Waals surface area contributed by atoms with Crippen molar-refractivity contribution in [3.63, 3.8) is 0 Å². The van der Waals surface area contributed by atoms with Gasteiger partial charge in [0.15, 0.2) is 11.6 Å². The maximum absolute atomic E-state index is 13.4. The second kappa shape index (κ2) is 5.64. The van der Waals surface area contributed by atoms with Gasteiger partial charge in [-0.2, -0.15) is 0 Å². The van der Waals surface area contributed by atoms with E-state index >= 15 is 0 Å². The lowest BCUT2D eigenvalue weighted by Gasteiger charge is -2.11. The molecule has 0 amide bonds. The summed E-state index contributed by atoms with van der Waals surface area (Å²) in [6.45, 7) is -0.157. The standard InChI is InChI=1S/C14H11F3N2O/c15-9-2-1-8(11(5-9)14(18)19)7-20-13-6-10(16)3-4-12(13)17/h1-6H,7H2,(H3,18,19). The van der Waals surface area contributed by atoms with Crippen molar-refractivity contribution < 1.29 is 17.9 Å². The summed E-state index contributed by atoms with van der Waals surface area (Å²) < 4.78 is 44.6. The first kappa shape index (κ1) is 13.9. The van der Waals surface area contributed by atoms with Crippen LogP contribution in [0.15, 0.2) is 36.4 Å². The first-order chi connectivity index (χ1) is 9.47. The zero-order valence-corrected chi connectivity index (χ0v) is 10.3. The summed E-state index contributed by atoms with van der Waals surface area (Å²) in [4.78, 5) is 0. The van der Waals surface area contributed by atoms with Gasteiger partial charge < -0.3 is 10.5 Å². The molecule has 0 saturated carbocycles. The Hall–Kier alpha value is -2.50. The molecule has 2 rings (SSSR count). The molecule has 0 spiro atoms. The van der Waals surface area contributed by atoms with Crippen LogP contribution >= 0.6 is 0 Å². The fraction of sp³-hybridized carbons (Fsp3) is 0.0714. The second-order valence-electron chi connectivity index (χ2n) is 4.08. The molecule has 3 nitrogen and oxygen atoms in total. The molecule has 0 aliphatic heterocycles. The number of amidine groups is 1. The lowest BCUT2D eigenvalue weighted by atomic mass is 10.1. The van der Waals surface area contributed by atoms with Gasteiger partial charge in [0, 0.05) is 17.2 Å². The highest BCUT2D eigenvalue weighted by molar-refractivity contribution is 5.96. The maximum atomic E-state index is 13.4. The first-order valence-electron chi connectivity index (χ1n) is 5.68. The Morgan fingerprint density at radius 1 is 1.05 bits per heavy atom. The highest BCUT2D eigenvalue weighted by atomic mass is 19.1. The Labute approximate surface area is 113 Å². The third-order valence-electron chi connectivity index (χ3n) is 2.64. The molecule has 2 aromatic carbocycles. The van der Waals surface area contributed by atoms with Crippen molar-refractivity contribution >= 4 is 5.84 Å². The van der Waals surface area contributed by atoms with Crippen LogP contribution in [0.2, 0.25) is 0 Å². The Morgan fingerprint density at radius 3 is 2.40 bits per heavy atom. The lowest BCUT2D eigenvalue weighted by molar-refractivity contribution is 0.288. The third kappa shape index (κ3) is 3.09. The first-order valence-corrected chi connectivity index (χ1v) is 5.68. The molecule has 20 heavy (non-hydrogen) atoms. The van der Waals surface area contributed by atoms with E-state index in [0.717, 1.165) is 24.3 Å². The number of hydrogen-bond donors (Lipinski definition) is 2. The Morgan fingerprint density at radius 2 is 1.70 bits per heavy atom. The number of halogens is 3. The van der Waals surface area contributed by atoms with E-state index in [0.29, 0.717) is 5.56 Å². The quantitative estimate of drug-likeness (QED) is 0.668. The summed E-state index contributed by atoms with van der Waals surface area (Å²) in [6.07, 6.45) is 0. The summed E-state index contributed by atoms with van der Waals surface area (Å²) in [6, 6.07) is 6.47. The van der Waals surface area contributed by atoms with E-state index in [1.165, 1.54) is 12.1 Å². The molecule has 6 heteroatoms. The number of nitrogen functional groups attached to an aromatic ring is 1. The van der Waals surface area contributed by atoms with Crippen LogP contribution in [0.1, 0.15) is 11.1 Å². The monoisotopic (exact) mass is 280 g/mol. The molecule has 104 valence electrons. The molecule has 0 saturated heterocycles. The molecule has 0 fully saturated rings. The SMILES string of the molecule is N=C(N)c1cc(F)ccc1COc1cc(F)ccc1F. The Bertz CT molecular complexity index is 659. The van der Waals surface area contributed by atoms with Gasteiger partial charge in [-0.25, -0.2) is 13.2 Å². The molecule has 0 aromatic heterocycles. The molecule has 0 aliphatic rings. The van der Waals surface area contributed by atoms with Gasteiger partial charge in [0.25, 0.3) is 0 Å². The maximum Gasteiger partial charge on any atom is 0.165 e. The minimum atomic E-state index is -0.710. The van der Waals surface area contributed by atoms with Gasteiger partial charge in [0.1, 0.15) is 24.1 Å². The van der Waals surface area contributed by atoms with Crippen molar-refractivity contribution in [1.29, 1.82) is 5.41 Å². The van der Waals surface area contributed by atoms with E-state index in [1.54, 1.807) is 0 Å². The third-order valence-corrected chi connectivity index (χ3v) is 2.64. The zero-order chi connectivity index (χ0) is 14.7. The van der Waals surface area contributed by atoms with Crippen LogP contribution in [-0.4, -0.2) is 5.84 Å². The highest BCUT2D eigenvalue weighted by Crippen LogP contribution is 2.20. The van der Waals surface area contributed by atoms with E-state index in [4.69, 9.17) is 15.9 Å². The number of ether oxygens (including phenoxy) is 1. The minimum absolute atomic E-state index is 0.154. The Balaban J connectivity index is 2.23. The zero-order valence-electron chi connectivity index (χ0n) is 10.3. The molecule has 0 heterocycles. The number of hydrogen-bond acceptors (Lipinski definition) is 2. The summed E-state index contributed by atoms with van der Waals surface area (Å²) >= 11 is 0. The summed E-state index contributed by atoms with van der Waals surface area (Å²) in [5.74, 6) is -2.48. The normalized spacial score (nSPS) is 10.3. The second-order valence-corrected chi connectivity index (χ2v) is 4.08. The van der Waals surface area contributed by atoms with Gasteiger partial charge in [0.2, 0.25) is 0 Å². The van der Waals surface area contributed by atoms with Crippen molar-refractivity contribution in [2.75, 3.05) is 0 Å². The van der Waals surface area contributed by atoms with Gasteiger partial charge in [-0.1, -0.05) is 6.07 Å². The number of nitrogens with one attached hydrogen (secondary N) is 1. The van der Waals surface area contributed by atoms with Crippen molar-refractivity contribution in [3.8, 4) is 5.75 Å². The van der Waals surface area contributed by atoms with E-state index < -0.39 is 17.5 Å². The molecular formula is C14H11F3N2O. The van der Waals surface area contributed by atoms with Gasteiger partial charge in [-0.3, -0.25) is 5.41 Å². The van der Waals surface area contributed by atoms with E-state index in [1.807, 2.05) is 0 Å². The topological polar surface area (TPSA) is 59.1 Å². The van der Waals surface area contributed by atoms with Crippen molar-refractivity contribution in [3.05, 3.63) is 65.0 Å². The van der Waals surface area contributed by atoms with Crippen molar-refractivity contribution in [1.82, 2.24) is 0 Å². The fourth-order valence-corrected chi connectivity index (χ4v) is 1.67. The van der Waals surface area contributed by atoms with Crippen LogP contribution in [0.4, 0.5) is 13.2 Å². The molecule has 2 aromatic rings. The highest BCUT2D eigenvalue weighted by Gasteiger charge is 2.10. The van der Waals surface area contributed by atoms with Gasteiger partial charge >= 0.3 is 0 Å². The van der Waals surface area contributed by atoms with E-state index in [2.05, 4.69) is 0 Å². The van der Waals surface area contributed by atoms with E-state index in [-0.39, 0.29) is 23.8 Å². The average molecular weight is 280 g/mol. The van der Waals surface area contributed by atoms with Crippen molar-refractivity contribution in [2.24, 2.45) is 5.73 Å². The number of rotatable bonds is 4. The largest absolute Gasteiger partial charge is 0.486 e. The number of benzene rings is 2. The van der Waals surface area contributed by atoms with Gasteiger partial charge in [0.05, 0.1) is 0 Å². The fourth-order valence-electron chi connectivity index (χ4n) is 1.67. The minimum Gasteiger partial charge on any atom is -0.486 e. The van der Waals surface area contributed by atoms with Gasteiger partial charge in [-0.15, -0.1) is 0 Å². The predicted molar refractivity (Wildman–Crippen MR) is 68.1 cm³/mol. The van der Waals surface area contributed by atoms with Crippen LogP contribution in [0.25, 0.3) is 0 Å². The average Bonchev–Trinajstić information content (AvgIpc) is 2.40. The lowest BCUT2D eigenvalue weighted by Crippen LogP contribution is -2.15. The van der Waals surface area contributed by atoms with Crippen LogP contribution in [0.5, 0.6) is 5.75 Å². The van der Waals surface area contributed by atoms with Gasteiger partial charge in [-0.05, 0) is 24.3 Å². The van der Waals surface area contributed by atoms with Crippen LogP contribution in [-0.2, 0) is 6.61 Å². The van der Waals surface area contributed by atoms with E-state index in [9.17, 15) is 13.2 Å². The molecule has 0 radical (unpaired) electrons. The van der Waals surface area contributed by atoms with Crippen LogP contribution in [0, 0.1) is 22.9 Å². The van der Waals surface area contributed by atoms with Crippen LogP contribution < -0.4 is 10.5 Å². The predicted octanol–water partition coefficient (Wildman–Crippen LogP) is 2.97. The summed E-state index contributed by atoms with van der Waals surface area (Å²) in [5.41, 5.74) is 5.89. The molecule has 0 bridgehead atoms. The molecule has 0 unspecified atom stereocenters. The van der Waals surface area contributed by atoms with Crippen LogP contribution in [0.3, 0.4) is 0 Å². The molecular weight excluding hydrogens is 269 g/mol. The summed E-state index contributed by atoms with van der Waals surface area (Å²) in [5, 5.41) is 7.35.